The van der Waals surface area contributed by atoms with Crippen molar-refractivity contribution in [1.29, 1.82) is 0 Å². The third kappa shape index (κ3) is 30.8. The number of ether oxygens (including phenoxy) is 1. The van der Waals surface area contributed by atoms with Gasteiger partial charge in [0.1, 0.15) is 12.7 Å². The molecular weight excluding hydrogens is 637 g/mol. The fourth-order valence-corrected chi connectivity index (χ4v) is 5.08. The van der Waals surface area contributed by atoms with Gasteiger partial charge in [0.15, 0.2) is 6.04 Å². The average Bonchev–Trinajstić information content (AvgIpc) is 3.05. The van der Waals surface area contributed by atoms with Gasteiger partial charge in [-0.05, 0) is 64.2 Å². The van der Waals surface area contributed by atoms with Crippen LogP contribution in [0.15, 0.2) is 48.6 Å². The predicted molar refractivity (Wildman–Crippen MR) is 189 cm³/mol. The highest BCUT2D eigenvalue weighted by Crippen LogP contribution is 2.43. The zero-order chi connectivity index (χ0) is 35.7. The van der Waals surface area contributed by atoms with E-state index in [-0.39, 0.29) is 12.8 Å². The zero-order valence-electron chi connectivity index (χ0n) is 29.3. The normalized spacial score (nSPS) is 14.6. The highest BCUT2D eigenvalue weighted by Gasteiger charge is 2.28. The van der Waals surface area contributed by atoms with Gasteiger partial charge < -0.3 is 25.2 Å². The number of carbonyl (C=O) groups excluding carboxylic acids is 2. The number of aliphatic carboxylic acids is 1. The Morgan fingerprint density at radius 3 is 1.85 bits per heavy atom. The molecule has 276 valence electrons. The molecule has 4 N–H and O–H groups in total. The number of aliphatic hydroxyl groups is 1. The molecule has 0 aromatic carbocycles. The summed E-state index contributed by atoms with van der Waals surface area (Å²) in [6.07, 6.45) is 31.6. The number of hydrogen-bond acceptors (Lipinski definition) is 8. The molecule has 0 aromatic heterocycles. The second-order valence-corrected chi connectivity index (χ2v) is 13.1. The number of allylic oxidation sites excluding steroid dienone is 8. The fraction of sp³-hybridized carbons (Fsp3) is 0.694. The van der Waals surface area contributed by atoms with Crippen LogP contribution in [0, 0.1) is 0 Å². The average molecular weight is 700 g/mol. The number of rotatable bonds is 32. The summed E-state index contributed by atoms with van der Waals surface area (Å²) in [4.78, 5) is 45.5. The molecule has 0 aliphatic carbocycles. The van der Waals surface area contributed by atoms with Gasteiger partial charge >= 0.3 is 19.8 Å². The Balaban J connectivity index is 4.06. The molecule has 0 heterocycles. The fourth-order valence-electron chi connectivity index (χ4n) is 4.31. The molecule has 12 heteroatoms. The number of carboxylic acids is 1. The van der Waals surface area contributed by atoms with E-state index in [0.717, 1.165) is 77.0 Å². The summed E-state index contributed by atoms with van der Waals surface area (Å²) >= 11 is 0. The molecule has 3 unspecified atom stereocenters. The van der Waals surface area contributed by atoms with E-state index in [4.69, 9.17) is 13.8 Å². The maximum Gasteiger partial charge on any atom is 0.472 e. The molecule has 0 aliphatic heterocycles. The number of esters is 1. The van der Waals surface area contributed by atoms with Crippen LogP contribution in [0.4, 0.5) is 0 Å². The van der Waals surface area contributed by atoms with Crippen molar-refractivity contribution in [2.45, 2.75) is 142 Å². The molecule has 0 rings (SSSR count). The number of phosphoric ester groups is 1. The van der Waals surface area contributed by atoms with E-state index in [2.05, 4.69) is 67.8 Å². The number of aliphatic hydroxyl groups excluding tert-OH is 1. The number of carboxylic acid groups (broad SMARTS) is 1. The van der Waals surface area contributed by atoms with Crippen LogP contribution in [0.5, 0.6) is 0 Å². The molecule has 0 fully saturated rings. The van der Waals surface area contributed by atoms with Gasteiger partial charge in [0.2, 0.25) is 5.91 Å². The molecule has 0 saturated heterocycles. The first kappa shape index (κ1) is 45.4. The predicted octanol–water partition coefficient (Wildman–Crippen LogP) is 7.88. The largest absolute Gasteiger partial charge is 0.480 e. The van der Waals surface area contributed by atoms with E-state index < -0.39 is 57.6 Å². The SMILES string of the molecule is CC/C=C\C/C=C\C/C=C\CCCCCC(=O)OCC(O)COP(=O)(O)OCC(NC(=O)CCCCCCC/C=C\CCCC)C(=O)O. The molecule has 1 amide bonds. The minimum Gasteiger partial charge on any atom is -0.480 e. The first-order valence-corrected chi connectivity index (χ1v) is 19.2. The van der Waals surface area contributed by atoms with Crippen LogP contribution < -0.4 is 5.32 Å². The minimum atomic E-state index is -4.75. The van der Waals surface area contributed by atoms with E-state index in [0.29, 0.717) is 12.8 Å². The lowest BCUT2D eigenvalue weighted by Crippen LogP contribution is -2.43. The van der Waals surface area contributed by atoms with Crippen molar-refractivity contribution in [3.05, 3.63) is 48.6 Å². The van der Waals surface area contributed by atoms with Crippen LogP contribution in [0.2, 0.25) is 0 Å². The number of unbranched alkanes of at least 4 members (excludes halogenated alkanes) is 10. The van der Waals surface area contributed by atoms with Gasteiger partial charge in [-0.15, -0.1) is 0 Å². The van der Waals surface area contributed by atoms with E-state index in [9.17, 15) is 34.1 Å². The Kier molecular flexibility index (Phi) is 30.0. The maximum absolute atomic E-state index is 12.2. The summed E-state index contributed by atoms with van der Waals surface area (Å²) in [7, 11) is -4.75. The van der Waals surface area contributed by atoms with Crippen molar-refractivity contribution in [3.63, 3.8) is 0 Å². The van der Waals surface area contributed by atoms with Crippen LogP contribution in [-0.4, -0.2) is 64.9 Å². The third-order valence-electron chi connectivity index (χ3n) is 7.10. The molecule has 3 atom stereocenters. The maximum atomic E-state index is 12.2. The molecule has 0 spiro atoms. The molecule has 0 bridgehead atoms. The summed E-state index contributed by atoms with van der Waals surface area (Å²) in [6.45, 7) is 2.35. The van der Waals surface area contributed by atoms with Crippen molar-refractivity contribution >= 4 is 25.7 Å². The van der Waals surface area contributed by atoms with Gasteiger partial charge in [-0.1, -0.05) is 101 Å². The Morgan fingerprint density at radius 1 is 0.688 bits per heavy atom. The van der Waals surface area contributed by atoms with E-state index in [1.54, 1.807) is 0 Å². The van der Waals surface area contributed by atoms with Crippen molar-refractivity contribution < 1.29 is 47.8 Å². The second kappa shape index (κ2) is 31.7. The van der Waals surface area contributed by atoms with Gasteiger partial charge in [-0.25, -0.2) is 9.36 Å². The van der Waals surface area contributed by atoms with E-state index in [1.165, 1.54) is 12.8 Å². The monoisotopic (exact) mass is 699 g/mol. The Bertz CT molecular complexity index is 1010. The lowest BCUT2D eigenvalue weighted by atomic mass is 10.1. The summed E-state index contributed by atoms with van der Waals surface area (Å²) in [6, 6.07) is -1.55. The Labute approximate surface area is 288 Å². The zero-order valence-corrected chi connectivity index (χ0v) is 30.2. The number of amides is 1. The summed E-state index contributed by atoms with van der Waals surface area (Å²) in [5.41, 5.74) is 0. The summed E-state index contributed by atoms with van der Waals surface area (Å²) in [5, 5.41) is 21.6. The van der Waals surface area contributed by atoms with Crippen molar-refractivity contribution in [1.82, 2.24) is 5.32 Å². The topological polar surface area (TPSA) is 169 Å². The third-order valence-corrected chi connectivity index (χ3v) is 8.05. The number of nitrogens with one attached hydrogen (secondary N) is 1. The molecule has 0 aromatic rings. The molecular formula is C36H62NO10P. The lowest BCUT2D eigenvalue weighted by molar-refractivity contribution is -0.147. The van der Waals surface area contributed by atoms with Crippen LogP contribution >= 0.6 is 7.82 Å². The summed E-state index contributed by atoms with van der Waals surface area (Å²) < 4.78 is 26.6. The molecule has 11 nitrogen and oxygen atoms in total. The number of phosphoric acid groups is 1. The molecule has 0 radical (unpaired) electrons. The van der Waals surface area contributed by atoms with Crippen LogP contribution in [0.3, 0.4) is 0 Å². The Hall–Kier alpha value is -2.56. The van der Waals surface area contributed by atoms with Crippen LogP contribution in [0.25, 0.3) is 0 Å². The number of carbonyl (C=O) groups is 3. The van der Waals surface area contributed by atoms with Crippen LogP contribution in [0.1, 0.15) is 129 Å². The van der Waals surface area contributed by atoms with Crippen molar-refractivity contribution in [3.8, 4) is 0 Å². The molecule has 0 aliphatic rings. The lowest BCUT2D eigenvalue weighted by Gasteiger charge is -2.18. The first-order valence-electron chi connectivity index (χ1n) is 17.7. The van der Waals surface area contributed by atoms with Gasteiger partial charge in [0.25, 0.3) is 0 Å². The minimum absolute atomic E-state index is 0.131. The highest BCUT2D eigenvalue weighted by atomic mass is 31.2. The summed E-state index contributed by atoms with van der Waals surface area (Å²) in [5.74, 6) is -2.43. The smallest absolute Gasteiger partial charge is 0.472 e. The molecule has 48 heavy (non-hydrogen) atoms. The van der Waals surface area contributed by atoms with Gasteiger partial charge in [0.05, 0.1) is 13.2 Å². The van der Waals surface area contributed by atoms with Gasteiger partial charge in [-0.3, -0.25) is 18.6 Å². The molecule has 0 saturated carbocycles. The van der Waals surface area contributed by atoms with Gasteiger partial charge in [-0.2, -0.15) is 0 Å². The Morgan fingerprint density at radius 2 is 1.21 bits per heavy atom. The standard InChI is InChI=1S/C36H62NO10P/c1-3-5-7-9-11-13-15-16-18-20-22-24-26-28-35(40)45-29-32(38)30-46-48(43,44)47-31-33(36(41)42)37-34(39)27-25-23-21-19-17-14-12-10-8-6-4-2/h5,7,10-13,16,18,32-33,38H,3-4,6,8-9,14-15,17,19-31H2,1-2H3,(H,37,39)(H,41,42)(H,43,44)/b7-5-,12-10-,13-11-,18-16-. The van der Waals surface area contributed by atoms with E-state index >= 15 is 0 Å². The van der Waals surface area contributed by atoms with Crippen LogP contribution in [-0.2, 0) is 32.7 Å². The van der Waals surface area contributed by atoms with Gasteiger partial charge in [0, 0.05) is 12.8 Å². The number of hydrogen-bond donors (Lipinski definition) is 4. The van der Waals surface area contributed by atoms with Crippen molar-refractivity contribution in [2.75, 3.05) is 19.8 Å². The van der Waals surface area contributed by atoms with Crippen molar-refractivity contribution in [2.24, 2.45) is 0 Å². The van der Waals surface area contributed by atoms with E-state index in [1.807, 2.05) is 0 Å². The highest BCUT2D eigenvalue weighted by molar-refractivity contribution is 7.47. The first-order chi connectivity index (χ1) is 23.1. The quantitative estimate of drug-likeness (QED) is 0.0235. The second-order valence-electron chi connectivity index (χ2n) is 11.7.